The molecule has 0 bridgehead atoms. The van der Waals surface area contributed by atoms with Crippen molar-refractivity contribution in [2.75, 3.05) is 13.1 Å². The highest BCUT2D eigenvalue weighted by Gasteiger charge is 2.00. The van der Waals surface area contributed by atoms with E-state index in [0.29, 0.717) is 0 Å². The van der Waals surface area contributed by atoms with Gasteiger partial charge in [-0.05, 0) is 19.4 Å². The summed E-state index contributed by atoms with van der Waals surface area (Å²) in [4.78, 5) is 5.64. The Labute approximate surface area is 90.8 Å². The summed E-state index contributed by atoms with van der Waals surface area (Å²) in [6.07, 6.45) is 4.27. The molecule has 3 heteroatoms. The number of aryl methyl sites for hydroxylation is 1. The maximum atomic E-state index is 4.33. The van der Waals surface area contributed by atoms with Crippen LogP contribution in [0.1, 0.15) is 30.2 Å². The van der Waals surface area contributed by atoms with Crippen molar-refractivity contribution >= 4 is 11.3 Å². The molecule has 0 saturated carbocycles. The first-order chi connectivity index (χ1) is 6.72. The van der Waals surface area contributed by atoms with Crippen molar-refractivity contribution in [3.63, 3.8) is 0 Å². The van der Waals surface area contributed by atoms with Gasteiger partial charge in [-0.3, -0.25) is 0 Å². The standard InChI is InChI=1S/C11H20N2S/c1-4-9(2)7-12-6-5-11-13-8-10(3)14-11/h8-9,12H,4-7H2,1-3H3. The highest BCUT2D eigenvalue weighted by molar-refractivity contribution is 7.11. The van der Waals surface area contributed by atoms with E-state index < -0.39 is 0 Å². The molecule has 0 amide bonds. The molecule has 2 nitrogen and oxygen atoms in total. The third-order valence-corrected chi connectivity index (χ3v) is 3.35. The largest absolute Gasteiger partial charge is 0.316 e. The van der Waals surface area contributed by atoms with E-state index in [1.165, 1.54) is 16.3 Å². The average Bonchev–Trinajstić information content (AvgIpc) is 2.58. The maximum Gasteiger partial charge on any atom is 0.0940 e. The van der Waals surface area contributed by atoms with Crippen LogP contribution in [0.15, 0.2) is 6.20 Å². The predicted octanol–water partition coefficient (Wildman–Crippen LogP) is 2.63. The molecule has 0 aromatic carbocycles. The molecule has 80 valence electrons. The van der Waals surface area contributed by atoms with Crippen LogP contribution in [0.2, 0.25) is 0 Å². The lowest BCUT2D eigenvalue weighted by Crippen LogP contribution is -2.23. The second-order valence-corrected chi connectivity index (χ2v) is 5.15. The van der Waals surface area contributed by atoms with Gasteiger partial charge in [0.05, 0.1) is 5.01 Å². The zero-order valence-corrected chi connectivity index (χ0v) is 10.2. The quantitative estimate of drug-likeness (QED) is 0.733. The first kappa shape index (κ1) is 11.7. The van der Waals surface area contributed by atoms with E-state index in [-0.39, 0.29) is 0 Å². The minimum atomic E-state index is 0.785. The summed E-state index contributed by atoms with van der Waals surface area (Å²) >= 11 is 1.80. The van der Waals surface area contributed by atoms with E-state index in [1.54, 1.807) is 11.3 Å². The first-order valence-corrected chi connectivity index (χ1v) is 6.16. The molecular weight excluding hydrogens is 192 g/mol. The Hall–Kier alpha value is -0.410. The molecule has 0 aliphatic carbocycles. The van der Waals surface area contributed by atoms with Crippen molar-refractivity contribution < 1.29 is 0 Å². The molecule has 1 atom stereocenters. The minimum Gasteiger partial charge on any atom is -0.316 e. The maximum absolute atomic E-state index is 4.33. The Kier molecular flexibility index (Phi) is 5.12. The monoisotopic (exact) mass is 212 g/mol. The normalized spacial score (nSPS) is 13.1. The first-order valence-electron chi connectivity index (χ1n) is 5.34. The number of hydrogen-bond acceptors (Lipinski definition) is 3. The molecule has 1 heterocycles. The molecule has 0 spiro atoms. The number of thiazole rings is 1. The fourth-order valence-electron chi connectivity index (χ4n) is 1.21. The molecule has 1 unspecified atom stereocenters. The highest BCUT2D eigenvalue weighted by Crippen LogP contribution is 2.10. The number of hydrogen-bond donors (Lipinski definition) is 1. The van der Waals surface area contributed by atoms with E-state index in [2.05, 4.69) is 31.1 Å². The van der Waals surface area contributed by atoms with Crippen LogP contribution in [-0.2, 0) is 6.42 Å². The zero-order chi connectivity index (χ0) is 10.4. The van der Waals surface area contributed by atoms with Crippen LogP contribution in [0.4, 0.5) is 0 Å². The predicted molar refractivity (Wildman–Crippen MR) is 62.9 cm³/mol. The summed E-state index contributed by atoms with van der Waals surface area (Å²) in [7, 11) is 0. The van der Waals surface area contributed by atoms with Crippen LogP contribution >= 0.6 is 11.3 Å². The van der Waals surface area contributed by atoms with E-state index in [0.717, 1.165) is 25.4 Å². The lowest BCUT2D eigenvalue weighted by atomic mass is 10.1. The second kappa shape index (κ2) is 6.14. The van der Waals surface area contributed by atoms with Crippen LogP contribution in [0.5, 0.6) is 0 Å². The Balaban J connectivity index is 2.10. The van der Waals surface area contributed by atoms with Crippen LogP contribution in [0.3, 0.4) is 0 Å². The molecule has 1 aromatic rings. The van der Waals surface area contributed by atoms with Crippen molar-refractivity contribution in [2.45, 2.75) is 33.6 Å². The Morgan fingerprint density at radius 3 is 2.93 bits per heavy atom. The lowest BCUT2D eigenvalue weighted by molar-refractivity contribution is 0.502. The highest BCUT2D eigenvalue weighted by atomic mass is 32.1. The zero-order valence-electron chi connectivity index (χ0n) is 9.34. The van der Waals surface area contributed by atoms with Gasteiger partial charge in [-0.2, -0.15) is 0 Å². The molecule has 0 saturated heterocycles. The van der Waals surface area contributed by atoms with Crippen LogP contribution in [0.25, 0.3) is 0 Å². The SMILES string of the molecule is CCC(C)CNCCc1ncc(C)s1. The Morgan fingerprint density at radius 2 is 2.36 bits per heavy atom. The molecule has 0 aliphatic heterocycles. The van der Waals surface area contributed by atoms with Crippen molar-refractivity contribution in [3.8, 4) is 0 Å². The van der Waals surface area contributed by atoms with Gasteiger partial charge >= 0.3 is 0 Å². The summed E-state index contributed by atoms with van der Waals surface area (Å²) in [6, 6.07) is 0. The number of rotatable bonds is 6. The van der Waals surface area contributed by atoms with Gasteiger partial charge in [0.15, 0.2) is 0 Å². The molecule has 1 rings (SSSR count). The van der Waals surface area contributed by atoms with Crippen LogP contribution in [0, 0.1) is 12.8 Å². The van der Waals surface area contributed by atoms with Crippen molar-refractivity contribution in [3.05, 3.63) is 16.1 Å². The Bertz CT molecular complexity index is 258. The van der Waals surface area contributed by atoms with Gasteiger partial charge in [-0.15, -0.1) is 11.3 Å². The van der Waals surface area contributed by atoms with Gasteiger partial charge in [0.1, 0.15) is 0 Å². The molecule has 14 heavy (non-hydrogen) atoms. The fraction of sp³-hybridized carbons (Fsp3) is 0.727. The fourth-order valence-corrected chi connectivity index (χ4v) is 1.99. The molecule has 0 fully saturated rings. The molecule has 1 aromatic heterocycles. The summed E-state index contributed by atoms with van der Waals surface area (Å²) in [6.45, 7) is 8.79. The second-order valence-electron chi connectivity index (χ2n) is 3.83. The van der Waals surface area contributed by atoms with Crippen molar-refractivity contribution in [2.24, 2.45) is 5.92 Å². The van der Waals surface area contributed by atoms with Crippen LogP contribution in [-0.4, -0.2) is 18.1 Å². The van der Waals surface area contributed by atoms with Gasteiger partial charge in [0.25, 0.3) is 0 Å². The van der Waals surface area contributed by atoms with Crippen molar-refractivity contribution in [1.82, 2.24) is 10.3 Å². The van der Waals surface area contributed by atoms with Crippen molar-refractivity contribution in [1.29, 1.82) is 0 Å². The van der Waals surface area contributed by atoms with Gasteiger partial charge in [-0.25, -0.2) is 4.98 Å². The van der Waals surface area contributed by atoms with E-state index in [1.807, 2.05) is 6.20 Å². The van der Waals surface area contributed by atoms with Gasteiger partial charge < -0.3 is 5.32 Å². The van der Waals surface area contributed by atoms with Gasteiger partial charge in [-0.1, -0.05) is 20.3 Å². The summed E-state index contributed by atoms with van der Waals surface area (Å²) < 4.78 is 0. The van der Waals surface area contributed by atoms with E-state index >= 15 is 0 Å². The number of nitrogens with one attached hydrogen (secondary N) is 1. The van der Waals surface area contributed by atoms with Gasteiger partial charge in [0, 0.05) is 24.0 Å². The summed E-state index contributed by atoms with van der Waals surface area (Å²) in [5.41, 5.74) is 0. The summed E-state index contributed by atoms with van der Waals surface area (Å²) in [5.74, 6) is 0.785. The van der Waals surface area contributed by atoms with E-state index in [4.69, 9.17) is 0 Å². The average molecular weight is 212 g/mol. The van der Waals surface area contributed by atoms with E-state index in [9.17, 15) is 0 Å². The van der Waals surface area contributed by atoms with Crippen LogP contribution < -0.4 is 5.32 Å². The molecular formula is C11H20N2S. The topological polar surface area (TPSA) is 24.9 Å². The molecule has 0 aliphatic rings. The smallest absolute Gasteiger partial charge is 0.0940 e. The number of aromatic nitrogens is 1. The third kappa shape index (κ3) is 4.20. The summed E-state index contributed by atoms with van der Waals surface area (Å²) in [5, 5.41) is 4.71. The number of nitrogens with zero attached hydrogens (tertiary/aromatic N) is 1. The minimum absolute atomic E-state index is 0.785. The Morgan fingerprint density at radius 1 is 1.57 bits per heavy atom. The van der Waals surface area contributed by atoms with Gasteiger partial charge in [0.2, 0.25) is 0 Å². The lowest BCUT2D eigenvalue weighted by Gasteiger charge is -2.08. The molecule has 0 radical (unpaired) electrons. The third-order valence-electron chi connectivity index (χ3n) is 2.37. The molecule has 1 N–H and O–H groups in total.